The van der Waals surface area contributed by atoms with E-state index in [1.807, 2.05) is 43.3 Å². The summed E-state index contributed by atoms with van der Waals surface area (Å²) in [5.41, 5.74) is 4.55. The number of anilines is 1. The Morgan fingerprint density at radius 2 is 1.60 bits per heavy atom. The number of fused-ring (bicyclic) bond motifs is 2. The Morgan fingerprint density at radius 1 is 0.945 bits per heavy atom. The smallest absolute Gasteiger partial charge is 0.303 e. The molecular formula is C42H45N4O8S-. The van der Waals surface area contributed by atoms with Crippen LogP contribution in [0.2, 0.25) is 0 Å². The standard InChI is InChI=1S/C42H46N4O8S/c1-26-15-17-33-30(21-26)41(2,3)35(45(33)19-11-7-9-13-37(47)48)23-28-39(32(25-43)44-6)29(40(28)51)24-36-42(4,5)31-22-27(55(52,53)54)16-18-34(31)46(36)20-12-8-10-14-38(49)50/h15-18,21-24H,7-14,19-20H2,1-5H3,(H,47,48)(H,49,50)(H,52,53,54)/p-1. The predicted octanol–water partition coefficient (Wildman–Crippen LogP) is 7.10. The van der Waals surface area contributed by atoms with Crippen molar-refractivity contribution in [2.24, 2.45) is 0 Å². The van der Waals surface area contributed by atoms with Crippen LogP contribution in [0.4, 0.5) is 11.4 Å². The van der Waals surface area contributed by atoms with Crippen molar-refractivity contribution in [3.8, 4) is 0 Å². The summed E-state index contributed by atoms with van der Waals surface area (Å²) in [6.07, 6.45) is 7.07. The maximum absolute atomic E-state index is 14.4. The first kappa shape index (κ1) is 40.8. The Hall–Kier alpha value is -5.41. The molecule has 2 heterocycles. The van der Waals surface area contributed by atoms with Crippen LogP contribution in [0.25, 0.3) is 10.3 Å². The van der Waals surface area contributed by atoms with Crippen LogP contribution in [0.3, 0.4) is 0 Å². The first-order valence-corrected chi connectivity index (χ1v) is 19.7. The Morgan fingerprint density at radius 3 is 2.20 bits per heavy atom. The van der Waals surface area contributed by atoms with Gasteiger partial charge in [0.15, 0.2) is 11.5 Å². The molecule has 2 aromatic rings. The zero-order chi connectivity index (χ0) is 40.5. The third-order valence-electron chi connectivity index (χ3n) is 10.8. The normalized spacial score (nSPS) is 18.3. The highest BCUT2D eigenvalue weighted by atomic mass is 32.2. The summed E-state index contributed by atoms with van der Waals surface area (Å²) in [6, 6.07) is 10.3. The summed E-state index contributed by atoms with van der Waals surface area (Å²) < 4.78 is 38.0. The number of nitrogens with zero attached hydrogens (tertiary/aromatic N) is 4. The summed E-state index contributed by atoms with van der Waals surface area (Å²) in [5, 5.41) is 28.4. The van der Waals surface area contributed by atoms with Crippen LogP contribution in [0.1, 0.15) is 95.8 Å². The zero-order valence-electron chi connectivity index (χ0n) is 31.7. The molecule has 0 amide bonds. The van der Waals surface area contributed by atoms with E-state index < -0.39 is 37.8 Å². The Labute approximate surface area is 322 Å². The van der Waals surface area contributed by atoms with Crippen molar-refractivity contribution in [2.75, 3.05) is 18.0 Å². The number of rotatable bonds is 16. The summed E-state index contributed by atoms with van der Waals surface area (Å²) in [5.74, 6) is -0.133. The monoisotopic (exact) mass is 765 g/mol. The predicted molar refractivity (Wildman–Crippen MR) is 208 cm³/mol. The van der Waals surface area contributed by atoms with Crippen LogP contribution >= 0.6 is 0 Å². The van der Waals surface area contributed by atoms with Gasteiger partial charge in [0.05, 0.1) is 16.9 Å². The maximum Gasteiger partial charge on any atom is 0.303 e. The van der Waals surface area contributed by atoms with E-state index in [4.69, 9.17) is 16.8 Å². The number of carbonyl (C=O) groups excluding carboxylic acids is 1. The number of carboxylic acids is 2. The van der Waals surface area contributed by atoms with Gasteiger partial charge in [-0.3, -0.25) is 20.3 Å². The van der Waals surface area contributed by atoms with E-state index in [-0.39, 0.29) is 41.0 Å². The molecule has 0 saturated heterocycles. The minimum atomic E-state index is -4.78. The van der Waals surface area contributed by atoms with E-state index in [0.717, 1.165) is 22.5 Å². The van der Waals surface area contributed by atoms with Crippen molar-refractivity contribution in [3.05, 3.63) is 110 Å². The van der Waals surface area contributed by atoms with Gasteiger partial charge in [0.25, 0.3) is 0 Å². The van der Waals surface area contributed by atoms with E-state index in [1.165, 1.54) is 12.1 Å². The molecule has 2 aromatic carbocycles. The number of hydrogen-bond donors (Lipinski definition) is 2. The number of aryl methyl sites for hydroxylation is 1. The first-order chi connectivity index (χ1) is 25.8. The third kappa shape index (κ3) is 8.03. The van der Waals surface area contributed by atoms with Crippen LogP contribution in [-0.4, -0.2) is 70.2 Å². The van der Waals surface area contributed by atoms with Crippen LogP contribution < -0.4 is 4.90 Å². The van der Waals surface area contributed by atoms with Gasteiger partial charge in [-0.25, -0.2) is 13.3 Å². The molecule has 12 nitrogen and oxygen atoms in total. The molecule has 5 rings (SSSR count). The Balaban J connectivity index is 1.64. The Kier molecular flexibility index (Phi) is 11.7. The number of carbonyl (C=O) groups is 3. The van der Waals surface area contributed by atoms with Crippen molar-refractivity contribution in [1.29, 1.82) is 0 Å². The van der Waals surface area contributed by atoms with Crippen molar-refractivity contribution in [2.45, 2.75) is 102 Å². The molecule has 0 radical (unpaired) electrons. The van der Waals surface area contributed by atoms with Gasteiger partial charge in [-0.2, -0.15) is 4.58 Å². The van der Waals surface area contributed by atoms with E-state index in [0.29, 0.717) is 68.6 Å². The lowest BCUT2D eigenvalue weighted by atomic mass is 9.74. The largest absolute Gasteiger partial charge is 0.775 e. The molecule has 0 bridgehead atoms. The lowest BCUT2D eigenvalue weighted by Crippen LogP contribution is -2.32. The van der Waals surface area contributed by atoms with Crippen molar-refractivity contribution >= 4 is 50.8 Å². The lowest BCUT2D eigenvalue weighted by molar-refractivity contribution is -0.438. The SMILES string of the molecule is [C-]#[N+]C(=C=[N-])C1=C(C=C2N(CCCCCC(=O)O)c3ccc(C)cc3C2(C)C)C(=O)C1=CC1=[N+](CCCCCC(=O)O)c2ccc(S(=O)(=O)[O-])cc2C1(C)C. The molecule has 0 aromatic heterocycles. The molecule has 0 saturated carbocycles. The number of ketones is 1. The summed E-state index contributed by atoms with van der Waals surface area (Å²) in [6.45, 7) is 18.7. The maximum atomic E-state index is 14.4. The number of aliphatic carboxylic acids is 2. The van der Waals surface area contributed by atoms with E-state index in [1.54, 1.807) is 18.2 Å². The van der Waals surface area contributed by atoms with Crippen LogP contribution in [-0.2, 0) is 35.3 Å². The minimum absolute atomic E-state index is 0.0153. The van der Waals surface area contributed by atoms with Gasteiger partial charge in [-0.1, -0.05) is 38.0 Å². The second-order valence-electron chi connectivity index (χ2n) is 15.3. The highest BCUT2D eigenvalue weighted by Gasteiger charge is 2.48. The van der Waals surface area contributed by atoms with E-state index >= 15 is 0 Å². The Bertz CT molecular complexity index is 2320. The molecule has 0 fully saturated rings. The third-order valence-corrected chi connectivity index (χ3v) is 11.6. The summed E-state index contributed by atoms with van der Waals surface area (Å²) in [4.78, 5) is 41.8. The van der Waals surface area contributed by atoms with Crippen LogP contribution in [0.5, 0.6) is 0 Å². The molecule has 1 aliphatic carbocycles. The lowest BCUT2D eigenvalue weighted by Gasteiger charge is -2.31. The zero-order valence-corrected chi connectivity index (χ0v) is 32.5. The molecule has 2 N–H and O–H groups in total. The topological polar surface area (TPSA) is 182 Å². The van der Waals surface area contributed by atoms with Crippen molar-refractivity contribution in [3.63, 3.8) is 0 Å². The second-order valence-corrected chi connectivity index (χ2v) is 16.7. The van der Waals surface area contributed by atoms with Gasteiger partial charge in [0.1, 0.15) is 16.7 Å². The molecule has 0 spiro atoms. The summed E-state index contributed by atoms with van der Waals surface area (Å²) >= 11 is 0. The van der Waals surface area contributed by atoms with Gasteiger partial charge in [0.2, 0.25) is 11.4 Å². The number of Topliss-reactive ketones (excluding diaryl/α,β-unsaturated/α-hetero) is 1. The molecular weight excluding hydrogens is 721 g/mol. The fourth-order valence-electron chi connectivity index (χ4n) is 7.84. The van der Waals surface area contributed by atoms with Gasteiger partial charge < -0.3 is 25.1 Å². The van der Waals surface area contributed by atoms with Crippen molar-refractivity contribution < 1.29 is 42.1 Å². The van der Waals surface area contributed by atoms with E-state index in [9.17, 15) is 32.8 Å². The number of allylic oxidation sites excluding steroid dienone is 5. The van der Waals surface area contributed by atoms with Crippen LogP contribution in [0.15, 0.2) is 81.6 Å². The van der Waals surface area contributed by atoms with Gasteiger partial charge in [-0.15, -0.1) is 0 Å². The average molecular weight is 766 g/mol. The molecule has 0 atom stereocenters. The number of unbranched alkanes of at least 4 members (excludes halogenated alkanes) is 4. The molecule has 3 aliphatic rings. The minimum Gasteiger partial charge on any atom is -0.775 e. The van der Waals surface area contributed by atoms with Gasteiger partial charge in [-0.05, 0) is 76.3 Å². The molecule has 55 heavy (non-hydrogen) atoms. The number of hydrogen-bond acceptors (Lipinski definition) is 7. The fraction of sp³-hybridized carbons (Fsp3) is 0.405. The van der Waals surface area contributed by atoms with E-state index in [2.05, 4.69) is 29.7 Å². The highest BCUT2D eigenvalue weighted by Crippen LogP contribution is 2.50. The summed E-state index contributed by atoms with van der Waals surface area (Å²) in [7, 11) is -4.78. The first-order valence-electron chi connectivity index (χ1n) is 18.3. The number of carboxylic acid groups (broad SMARTS) is 2. The van der Waals surface area contributed by atoms with Gasteiger partial charge in [0, 0.05) is 77.0 Å². The van der Waals surface area contributed by atoms with Crippen LogP contribution in [0, 0.1) is 13.5 Å². The molecule has 0 unspecified atom stereocenters. The quantitative estimate of drug-likeness (QED) is 0.0450. The van der Waals surface area contributed by atoms with Crippen molar-refractivity contribution in [1.82, 2.24) is 0 Å². The molecule has 2 aliphatic heterocycles. The molecule has 13 heteroatoms. The second kappa shape index (κ2) is 15.7. The average Bonchev–Trinajstić information content (AvgIpc) is 3.45. The molecule has 288 valence electrons. The van der Waals surface area contributed by atoms with Gasteiger partial charge >= 0.3 is 11.9 Å². The fourth-order valence-corrected chi connectivity index (χ4v) is 8.34. The highest BCUT2D eigenvalue weighted by molar-refractivity contribution is 7.85. The number of benzene rings is 2.